The number of carbonyl (C=O) groups excluding carboxylic acids is 1. The molecule has 0 aromatic carbocycles. The van der Waals surface area contributed by atoms with Gasteiger partial charge in [0.2, 0.25) is 0 Å². The molecule has 5 heteroatoms. The van der Waals surface area contributed by atoms with Crippen LogP contribution in [0.5, 0.6) is 0 Å². The van der Waals surface area contributed by atoms with Crippen LogP contribution in [0.15, 0.2) is 12.4 Å². The lowest BCUT2D eigenvalue weighted by Crippen LogP contribution is -2.23. The van der Waals surface area contributed by atoms with Gasteiger partial charge < -0.3 is 10.4 Å². The molecule has 1 amide bonds. The Labute approximate surface area is 57.1 Å². The van der Waals surface area contributed by atoms with Crippen LogP contribution in [0.1, 0.15) is 10.4 Å². The number of rotatable bonds is 2. The van der Waals surface area contributed by atoms with Crippen molar-refractivity contribution < 1.29 is 9.90 Å². The molecule has 0 atom stereocenters. The lowest BCUT2D eigenvalue weighted by molar-refractivity contribution is 0.0910. The molecule has 1 aromatic rings. The van der Waals surface area contributed by atoms with Crippen molar-refractivity contribution in [1.82, 2.24) is 15.5 Å². The van der Waals surface area contributed by atoms with Crippen LogP contribution in [0.3, 0.4) is 0 Å². The molecule has 0 aliphatic heterocycles. The first-order chi connectivity index (χ1) is 4.84. The van der Waals surface area contributed by atoms with Crippen molar-refractivity contribution in [1.29, 1.82) is 0 Å². The van der Waals surface area contributed by atoms with Gasteiger partial charge in [0.15, 0.2) is 0 Å². The predicted molar refractivity (Wildman–Crippen MR) is 33.1 cm³/mol. The molecule has 0 aliphatic carbocycles. The molecule has 1 rings (SSSR count). The molecule has 0 fully saturated rings. The van der Waals surface area contributed by atoms with Crippen molar-refractivity contribution in [3.8, 4) is 0 Å². The average molecular weight is 141 g/mol. The van der Waals surface area contributed by atoms with Crippen LogP contribution in [0.2, 0.25) is 0 Å². The van der Waals surface area contributed by atoms with Crippen molar-refractivity contribution in [2.75, 3.05) is 6.73 Å². The summed E-state index contributed by atoms with van der Waals surface area (Å²) >= 11 is 0. The summed E-state index contributed by atoms with van der Waals surface area (Å²) in [4.78, 5) is 10.8. The third-order valence-electron chi connectivity index (χ3n) is 1.00. The average Bonchev–Trinajstić information content (AvgIpc) is 2.38. The Morgan fingerprint density at radius 1 is 1.90 bits per heavy atom. The van der Waals surface area contributed by atoms with Crippen LogP contribution in [-0.4, -0.2) is 27.9 Å². The van der Waals surface area contributed by atoms with Crippen molar-refractivity contribution in [2.45, 2.75) is 0 Å². The van der Waals surface area contributed by atoms with Crippen molar-refractivity contribution in [2.24, 2.45) is 0 Å². The number of nitrogens with one attached hydrogen (secondary N) is 2. The summed E-state index contributed by atoms with van der Waals surface area (Å²) in [5.74, 6) is -0.337. The fourth-order valence-electron chi connectivity index (χ4n) is 0.549. The maximum absolute atomic E-state index is 10.8. The van der Waals surface area contributed by atoms with Crippen LogP contribution in [0.4, 0.5) is 0 Å². The van der Waals surface area contributed by atoms with Gasteiger partial charge in [-0.05, 0) is 0 Å². The Balaban J connectivity index is 2.59. The number of H-pyrrole nitrogens is 1. The van der Waals surface area contributed by atoms with E-state index in [2.05, 4.69) is 15.5 Å². The number of carbonyl (C=O) groups is 1. The number of aliphatic hydroxyl groups is 1. The van der Waals surface area contributed by atoms with Crippen LogP contribution < -0.4 is 5.32 Å². The van der Waals surface area contributed by atoms with Crippen LogP contribution in [0, 0.1) is 0 Å². The molecule has 0 saturated heterocycles. The molecular formula is C5H7N3O2. The van der Waals surface area contributed by atoms with Crippen LogP contribution in [0.25, 0.3) is 0 Å². The Morgan fingerprint density at radius 3 is 3.20 bits per heavy atom. The Hall–Kier alpha value is -1.36. The van der Waals surface area contributed by atoms with Gasteiger partial charge in [0.05, 0.1) is 11.8 Å². The fourth-order valence-corrected chi connectivity index (χ4v) is 0.549. The minimum Gasteiger partial charge on any atom is -0.376 e. The highest BCUT2D eigenvalue weighted by Crippen LogP contribution is 1.91. The second-order valence-electron chi connectivity index (χ2n) is 1.65. The van der Waals surface area contributed by atoms with Gasteiger partial charge in [-0.3, -0.25) is 9.89 Å². The second-order valence-corrected chi connectivity index (χ2v) is 1.65. The molecule has 1 heterocycles. The molecule has 10 heavy (non-hydrogen) atoms. The van der Waals surface area contributed by atoms with E-state index in [1.807, 2.05) is 0 Å². The highest BCUT2D eigenvalue weighted by atomic mass is 16.3. The van der Waals surface area contributed by atoms with Crippen LogP contribution >= 0.6 is 0 Å². The number of hydrogen-bond donors (Lipinski definition) is 3. The molecule has 0 radical (unpaired) electrons. The molecule has 5 nitrogen and oxygen atoms in total. The zero-order chi connectivity index (χ0) is 7.40. The molecule has 0 aliphatic rings. The van der Waals surface area contributed by atoms with E-state index < -0.39 is 0 Å². The third-order valence-corrected chi connectivity index (χ3v) is 1.00. The topological polar surface area (TPSA) is 78.0 Å². The number of hydrogen-bond acceptors (Lipinski definition) is 3. The summed E-state index contributed by atoms with van der Waals surface area (Å²) in [6.07, 6.45) is 2.83. The first-order valence-corrected chi connectivity index (χ1v) is 2.72. The highest BCUT2D eigenvalue weighted by Gasteiger charge is 2.02. The molecule has 3 N–H and O–H groups in total. The Morgan fingerprint density at radius 2 is 2.70 bits per heavy atom. The van der Waals surface area contributed by atoms with Gasteiger partial charge in [0.1, 0.15) is 6.73 Å². The minimum atomic E-state index is -0.357. The summed E-state index contributed by atoms with van der Waals surface area (Å²) in [7, 11) is 0. The number of amides is 1. The summed E-state index contributed by atoms with van der Waals surface area (Å²) in [6.45, 7) is -0.357. The molecule has 54 valence electrons. The van der Waals surface area contributed by atoms with Gasteiger partial charge in [-0.25, -0.2) is 0 Å². The van der Waals surface area contributed by atoms with E-state index >= 15 is 0 Å². The van der Waals surface area contributed by atoms with Gasteiger partial charge in [-0.15, -0.1) is 0 Å². The summed E-state index contributed by atoms with van der Waals surface area (Å²) in [5.41, 5.74) is 0.411. The minimum absolute atomic E-state index is 0.337. The molecule has 0 saturated carbocycles. The molecule has 1 aromatic heterocycles. The lowest BCUT2D eigenvalue weighted by atomic mass is 10.3. The van der Waals surface area contributed by atoms with E-state index in [0.717, 1.165) is 0 Å². The standard InChI is InChI=1S/C5H7N3O2/c9-3-6-5(10)4-1-7-8-2-4/h1-2,9H,3H2,(H,6,10)(H,7,8). The molecule has 0 unspecified atom stereocenters. The van der Waals surface area contributed by atoms with Gasteiger partial charge in [-0.2, -0.15) is 5.10 Å². The molecular weight excluding hydrogens is 134 g/mol. The third kappa shape index (κ3) is 1.32. The summed E-state index contributed by atoms with van der Waals surface area (Å²) in [5, 5.41) is 16.5. The van der Waals surface area contributed by atoms with E-state index in [4.69, 9.17) is 5.11 Å². The quantitative estimate of drug-likeness (QED) is 0.466. The number of nitrogens with zero attached hydrogens (tertiary/aromatic N) is 1. The van der Waals surface area contributed by atoms with Gasteiger partial charge >= 0.3 is 0 Å². The van der Waals surface area contributed by atoms with E-state index in [9.17, 15) is 4.79 Å². The maximum Gasteiger partial charge on any atom is 0.256 e. The van der Waals surface area contributed by atoms with Crippen molar-refractivity contribution in [3.05, 3.63) is 18.0 Å². The lowest BCUT2D eigenvalue weighted by Gasteiger charge is -1.94. The SMILES string of the molecule is O=C(NCO)c1cn[nH]c1. The zero-order valence-electron chi connectivity index (χ0n) is 5.16. The normalized spacial score (nSPS) is 9.30. The van der Waals surface area contributed by atoms with E-state index in [0.29, 0.717) is 5.56 Å². The van der Waals surface area contributed by atoms with E-state index in [-0.39, 0.29) is 12.6 Å². The monoisotopic (exact) mass is 141 g/mol. The fraction of sp³-hybridized carbons (Fsp3) is 0.200. The smallest absolute Gasteiger partial charge is 0.256 e. The number of aromatic amines is 1. The molecule has 0 bridgehead atoms. The first kappa shape index (κ1) is 6.76. The number of aliphatic hydroxyl groups excluding tert-OH is 1. The predicted octanol–water partition coefficient (Wildman–Crippen LogP) is -0.911. The van der Waals surface area contributed by atoms with Crippen molar-refractivity contribution >= 4 is 5.91 Å². The van der Waals surface area contributed by atoms with Gasteiger partial charge in [-0.1, -0.05) is 0 Å². The largest absolute Gasteiger partial charge is 0.376 e. The van der Waals surface area contributed by atoms with Crippen molar-refractivity contribution in [3.63, 3.8) is 0 Å². The Kier molecular flexibility index (Phi) is 2.01. The maximum atomic E-state index is 10.8. The second kappa shape index (κ2) is 2.98. The summed E-state index contributed by atoms with van der Waals surface area (Å²) in [6, 6.07) is 0. The zero-order valence-corrected chi connectivity index (χ0v) is 5.16. The highest BCUT2D eigenvalue weighted by molar-refractivity contribution is 5.93. The molecule has 0 spiro atoms. The van der Waals surface area contributed by atoms with E-state index in [1.165, 1.54) is 12.4 Å². The first-order valence-electron chi connectivity index (χ1n) is 2.72. The number of aromatic nitrogens is 2. The van der Waals surface area contributed by atoms with Gasteiger partial charge in [0, 0.05) is 6.20 Å². The van der Waals surface area contributed by atoms with Crippen LogP contribution in [-0.2, 0) is 0 Å². The summed E-state index contributed by atoms with van der Waals surface area (Å²) < 4.78 is 0. The van der Waals surface area contributed by atoms with Gasteiger partial charge in [0.25, 0.3) is 5.91 Å². The Bertz CT molecular complexity index is 207. The van der Waals surface area contributed by atoms with E-state index in [1.54, 1.807) is 0 Å².